The van der Waals surface area contributed by atoms with Gasteiger partial charge in [-0.15, -0.1) is 0 Å². The smallest absolute Gasteiger partial charge is 0.416 e. The Kier molecular flexibility index (Phi) is 5.55. The summed E-state index contributed by atoms with van der Waals surface area (Å²) >= 11 is 5.72. The van der Waals surface area contributed by atoms with Crippen LogP contribution in [0.25, 0.3) is 0 Å². The van der Waals surface area contributed by atoms with Crippen LogP contribution >= 0.6 is 11.6 Å². The van der Waals surface area contributed by atoms with Crippen LogP contribution < -0.4 is 0 Å². The minimum atomic E-state index is -4.55. The lowest BCUT2D eigenvalue weighted by Crippen LogP contribution is -2.31. The summed E-state index contributed by atoms with van der Waals surface area (Å²) in [5.74, 6) is -1.06. The van der Waals surface area contributed by atoms with Crippen LogP contribution in [0, 0.1) is 0 Å². The van der Waals surface area contributed by atoms with Gasteiger partial charge in [-0.2, -0.15) is 13.2 Å². The fraction of sp³-hybridized carbons (Fsp3) is 0.333. The molecule has 0 atom stereocenters. The van der Waals surface area contributed by atoms with Crippen LogP contribution in [0.3, 0.4) is 0 Å². The number of nitrogens with zero attached hydrogens (tertiary/aromatic N) is 2. The third-order valence-corrected chi connectivity index (χ3v) is 4.54. The Morgan fingerprint density at radius 3 is 2.61 bits per heavy atom. The highest BCUT2D eigenvalue weighted by molar-refractivity contribution is 6.30. The van der Waals surface area contributed by atoms with Gasteiger partial charge in [-0.25, -0.2) is 9.59 Å². The largest absolute Gasteiger partial charge is 0.478 e. The molecule has 0 aliphatic carbocycles. The number of fused-ring (bicyclic) bond motifs is 1. The van der Waals surface area contributed by atoms with Gasteiger partial charge in [-0.05, 0) is 36.2 Å². The summed E-state index contributed by atoms with van der Waals surface area (Å²) in [6, 6.07) is 4.47. The molecule has 0 saturated carbocycles. The first-order chi connectivity index (χ1) is 13.1. The summed E-state index contributed by atoms with van der Waals surface area (Å²) in [6.07, 6.45) is -3.15. The third-order valence-electron chi connectivity index (χ3n) is 4.32. The molecule has 1 N–H and O–H groups in total. The summed E-state index contributed by atoms with van der Waals surface area (Å²) in [6.45, 7) is 0.720. The number of halogens is 4. The van der Waals surface area contributed by atoms with Crippen LogP contribution in [0.15, 0.2) is 30.5 Å². The van der Waals surface area contributed by atoms with Crippen molar-refractivity contribution in [3.05, 3.63) is 57.9 Å². The van der Waals surface area contributed by atoms with E-state index in [9.17, 15) is 22.8 Å². The van der Waals surface area contributed by atoms with Crippen molar-refractivity contribution in [1.82, 2.24) is 9.47 Å². The van der Waals surface area contributed by atoms with E-state index in [0.29, 0.717) is 25.2 Å². The number of hydrogen-bond donors (Lipinski definition) is 1. The Morgan fingerprint density at radius 1 is 1.18 bits per heavy atom. The molecule has 0 radical (unpaired) electrons. The number of rotatable bonds is 3. The fourth-order valence-corrected chi connectivity index (χ4v) is 3.27. The minimum Gasteiger partial charge on any atom is -0.478 e. The van der Waals surface area contributed by atoms with Crippen molar-refractivity contribution in [2.45, 2.75) is 32.3 Å². The van der Waals surface area contributed by atoms with Crippen LogP contribution in [0.4, 0.5) is 18.0 Å². The normalized spacial score (nSPS) is 14.4. The van der Waals surface area contributed by atoms with Gasteiger partial charge in [-0.3, -0.25) is 0 Å². The summed E-state index contributed by atoms with van der Waals surface area (Å²) < 4.78 is 45.5. The molecule has 28 heavy (non-hydrogen) atoms. The quantitative estimate of drug-likeness (QED) is 0.805. The zero-order valence-corrected chi connectivity index (χ0v) is 15.3. The van der Waals surface area contributed by atoms with Crippen LogP contribution in [0.1, 0.15) is 33.6 Å². The lowest BCUT2D eigenvalue weighted by atomic mass is 10.1. The molecule has 0 fully saturated rings. The van der Waals surface area contributed by atoms with Gasteiger partial charge < -0.3 is 19.3 Å². The molecule has 3 rings (SSSR count). The van der Waals surface area contributed by atoms with Gasteiger partial charge in [0.05, 0.1) is 17.7 Å². The zero-order valence-electron chi connectivity index (χ0n) is 14.5. The number of alkyl halides is 3. The minimum absolute atomic E-state index is 0.102. The molecule has 6 nitrogen and oxygen atoms in total. The number of carboxylic acids is 1. The van der Waals surface area contributed by atoms with Crippen molar-refractivity contribution in [1.29, 1.82) is 0 Å². The Labute approximate surface area is 163 Å². The zero-order chi connectivity index (χ0) is 20.5. The predicted octanol–water partition coefficient (Wildman–Crippen LogP) is 4.40. The Bertz CT molecular complexity index is 911. The number of hydrogen-bond acceptors (Lipinski definition) is 3. The molecule has 1 aromatic carbocycles. The molecule has 1 aliphatic rings. The highest BCUT2D eigenvalue weighted by Gasteiger charge is 2.31. The first-order valence-corrected chi connectivity index (χ1v) is 8.72. The molecule has 150 valence electrons. The number of aromatic nitrogens is 1. The molecule has 2 heterocycles. The molecule has 2 aromatic rings. The van der Waals surface area contributed by atoms with E-state index in [1.165, 1.54) is 23.2 Å². The average molecular weight is 417 g/mol. The maximum atomic E-state index is 12.9. The first-order valence-electron chi connectivity index (χ1n) is 8.34. The number of carbonyl (C=O) groups is 2. The number of aryl methyl sites for hydroxylation is 1. The highest BCUT2D eigenvalue weighted by atomic mass is 35.5. The van der Waals surface area contributed by atoms with Gasteiger partial charge in [-0.1, -0.05) is 11.6 Å². The van der Waals surface area contributed by atoms with Crippen LogP contribution in [-0.4, -0.2) is 33.2 Å². The molecule has 0 saturated heterocycles. The maximum Gasteiger partial charge on any atom is 0.416 e. The van der Waals surface area contributed by atoms with E-state index in [0.717, 1.165) is 12.1 Å². The van der Waals surface area contributed by atoms with E-state index < -0.39 is 23.8 Å². The summed E-state index contributed by atoms with van der Waals surface area (Å²) in [7, 11) is 0. The van der Waals surface area contributed by atoms with Crippen molar-refractivity contribution < 1.29 is 32.6 Å². The fourth-order valence-electron chi connectivity index (χ4n) is 3.01. The van der Waals surface area contributed by atoms with Crippen LogP contribution in [-0.2, 0) is 30.6 Å². The van der Waals surface area contributed by atoms with Crippen molar-refractivity contribution in [3.63, 3.8) is 0 Å². The molecular formula is C18H16ClF3N2O4. The van der Waals surface area contributed by atoms with Gasteiger partial charge in [0.1, 0.15) is 6.61 Å². The number of carbonyl (C=O) groups excluding carboxylic acids is 1. The average Bonchev–Trinajstić information content (AvgIpc) is 2.90. The second-order valence-corrected chi connectivity index (χ2v) is 6.83. The van der Waals surface area contributed by atoms with E-state index in [-0.39, 0.29) is 29.3 Å². The van der Waals surface area contributed by atoms with Gasteiger partial charge in [0.15, 0.2) is 0 Å². The van der Waals surface area contributed by atoms with E-state index in [4.69, 9.17) is 21.4 Å². The summed E-state index contributed by atoms with van der Waals surface area (Å²) in [5.41, 5.74) is -0.0165. The van der Waals surface area contributed by atoms with Crippen LogP contribution in [0.2, 0.25) is 5.02 Å². The Morgan fingerprint density at radius 2 is 1.93 bits per heavy atom. The summed E-state index contributed by atoms with van der Waals surface area (Å²) in [5, 5.41) is 8.98. The van der Waals surface area contributed by atoms with E-state index in [1.54, 1.807) is 4.57 Å². The number of benzene rings is 1. The Balaban J connectivity index is 1.68. The lowest BCUT2D eigenvalue weighted by molar-refractivity contribution is -0.137. The number of ether oxygens (including phenoxy) is 1. The first kappa shape index (κ1) is 20.1. The predicted molar refractivity (Wildman–Crippen MR) is 93.1 cm³/mol. The van der Waals surface area contributed by atoms with Gasteiger partial charge in [0.25, 0.3) is 0 Å². The molecule has 1 aliphatic heterocycles. The van der Waals surface area contributed by atoms with Crippen LogP contribution in [0.5, 0.6) is 0 Å². The molecule has 0 spiro atoms. The molecule has 1 amide bonds. The molecule has 10 heteroatoms. The van der Waals surface area contributed by atoms with E-state index >= 15 is 0 Å². The van der Waals surface area contributed by atoms with E-state index in [1.807, 2.05) is 0 Å². The lowest BCUT2D eigenvalue weighted by Gasteiger charge is -2.20. The number of carboxylic acid groups (broad SMARTS) is 1. The van der Waals surface area contributed by atoms with E-state index in [2.05, 4.69) is 0 Å². The van der Waals surface area contributed by atoms with Crippen molar-refractivity contribution in [2.24, 2.45) is 0 Å². The van der Waals surface area contributed by atoms with Crippen molar-refractivity contribution in [3.8, 4) is 0 Å². The SMILES string of the molecule is O=C(O)c1cc2n(c1)CCCN(C(=O)OCc1cc(Cl)cc(C(F)(F)F)c1)C2. The molecular weight excluding hydrogens is 401 g/mol. The van der Waals surface area contributed by atoms with Gasteiger partial charge in [0, 0.05) is 30.0 Å². The maximum absolute atomic E-state index is 12.9. The second-order valence-electron chi connectivity index (χ2n) is 6.39. The number of aromatic carboxylic acids is 1. The van der Waals surface area contributed by atoms with Gasteiger partial charge >= 0.3 is 18.2 Å². The molecule has 0 bridgehead atoms. The molecule has 0 unspecified atom stereocenters. The topological polar surface area (TPSA) is 71.8 Å². The Hall–Kier alpha value is -2.68. The third kappa shape index (κ3) is 4.59. The standard InChI is InChI=1S/C18H16ClF3N2O4/c19-14-5-11(4-13(7-14)18(20,21)22)10-28-17(27)24-3-1-2-23-8-12(16(25)26)6-15(23)9-24/h4-8H,1-3,9-10H2,(H,25,26). The number of amides is 1. The second kappa shape index (κ2) is 7.75. The van der Waals surface area contributed by atoms with Gasteiger partial charge in [0.2, 0.25) is 0 Å². The summed E-state index contributed by atoms with van der Waals surface area (Å²) in [4.78, 5) is 24.8. The monoisotopic (exact) mass is 416 g/mol. The highest BCUT2D eigenvalue weighted by Crippen LogP contribution is 2.32. The van der Waals surface area contributed by atoms with Crippen molar-refractivity contribution in [2.75, 3.05) is 6.54 Å². The van der Waals surface area contributed by atoms with Crippen molar-refractivity contribution >= 4 is 23.7 Å². The molecule has 1 aromatic heterocycles.